The van der Waals surface area contributed by atoms with E-state index in [1.54, 1.807) is 19.1 Å². The molecule has 0 fully saturated rings. The molecular formula is C9H12N4O3S. The Hall–Kier alpha value is -1.88. The number of nitrogens with zero attached hydrogens (tertiary/aromatic N) is 3. The van der Waals surface area contributed by atoms with Crippen LogP contribution in [-0.4, -0.2) is 30.7 Å². The van der Waals surface area contributed by atoms with Crippen LogP contribution in [-0.2, 0) is 10.0 Å². The lowest BCUT2D eigenvalue weighted by atomic mass is 10.4. The summed E-state index contributed by atoms with van der Waals surface area (Å²) in [5.74, 6) is 0.142. The van der Waals surface area contributed by atoms with Crippen molar-refractivity contribution in [3.8, 4) is 11.9 Å². The summed E-state index contributed by atoms with van der Waals surface area (Å²) >= 11 is 0. The van der Waals surface area contributed by atoms with Crippen molar-refractivity contribution in [3.05, 3.63) is 11.8 Å². The fourth-order valence-electron chi connectivity index (χ4n) is 0.975. The molecule has 0 saturated heterocycles. The first-order valence-corrected chi connectivity index (χ1v) is 6.24. The summed E-state index contributed by atoms with van der Waals surface area (Å²) < 4.78 is 30.2. The number of methoxy groups -OCH3 is 1. The number of sulfonamides is 1. The first kappa shape index (κ1) is 13.2. The third-order valence-electron chi connectivity index (χ3n) is 1.92. The van der Waals surface area contributed by atoms with Crippen molar-refractivity contribution in [2.75, 3.05) is 11.8 Å². The van der Waals surface area contributed by atoms with Crippen molar-refractivity contribution in [2.24, 2.45) is 0 Å². The predicted octanol–water partition coefficient (Wildman–Crippen LogP) is 0.447. The van der Waals surface area contributed by atoms with Crippen LogP contribution in [0.5, 0.6) is 5.88 Å². The van der Waals surface area contributed by atoms with Crippen molar-refractivity contribution in [1.29, 1.82) is 5.26 Å². The Bertz CT molecular complexity index is 550. The normalized spacial score (nSPS) is 12.6. The summed E-state index contributed by atoms with van der Waals surface area (Å²) in [5.41, 5.74) is 0.555. The minimum Gasteiger partial charge on any atom is -0.481 e. The standard InChI is InChI=1S/C9H12N4O3S/c1-6-4-8(16-3)12-9(11-6)13-17(14,15)7(2)5-10/h4,7H,1-3H3,(H,11,12,13). The van der Waals surface area contributed by atoms with E-state index in [1.807, 2.05) is 0 Å². The van der Waals surface area contributed by atoms with Crippen LogP contribution in [0, 0.1) is 18.3 Å². The number of hydrogen-bond donors (Lipinski definition) is 1. The highest BCUT2D eigenvalue weighted by molar-refractivity contribution is 7.93. The number of rotatable bonds is 4. The smallest absolute Gasteiger partial charge is 0.251 e. The highest BCUT2D eigenvalue weighted by atomic mass is 32.2. The summed E-state index contributed by atoms with van der Waals surface area (Å²) in [4.78, 5) is 7.71. The molecule has 0 spiro atoms. The first-order chi connectivity index (χ1) is 7.89. The third kappa shape index (κ3) is 3.29. The van der Waals surface area contributed by atoms with Gasteiger partial charge in [-0.2, -0.15) is 10.2 Å². The van der Waals surface area contributed by atoms with E-state index in [-0.39, 0.29) is 11.8 Å². The molecule has 0 bridgehead atoms. The zero-order valence-corrected chi connectivity index (χ0v) is 10.4. The second-order valence-electron chi connectivity index (χ2n) is 3.29. The lowest BCUT2D eigenvalue weighted by Crippen LogP contribution is -2.25. The Morgan fingerprint density at radius 3 is 2.71 bits per heavy atom. The van der Waals surface area contributed by atoms with E-state index < -0.39 is 15.3 Å². The van der Waals surface area contributed by atoms with Crippen LogP contribution in [0.1, 0.15) is 12.6 Å². The second kappa shape index (κ2) is 4.97. The molecule has 1 N–H and O–H groups in total. The number of anilines is 1. The molecule has 7 nitrogen and oxygen atoms in total. The fourth-order valence-corrected chi connectivity index (χ4v) is 1.64. The molecule has 0 aliphatic carbocycles. The maximum Gasteiger partial charge on any atom is 0.251 e. The summed E-state index contributed by atoms with van der Waals surface area (Å²) in [5, 5.41) is 7.39. The van der Waals surface area contributed by atoms with Crippen LogP contribution < -0.4 is 9.46 Å². The zero-order chi connectivity index (χ0) is 13.1. The van der Waals surface area contributed by atoms with Gasteiger partial charge in [0.15, 0.2) is 5.25 Å². The summed E-state index contributed by atoms with van der Waals surface area (Å²) in [6, 6.07) is 3.19. The number of nitriles is 1. The van der Waals surface area contributed by atoms with E-state index in [0.29, 0.717) is 5.69 Å². The van der Waals surface area contributed by atoms with Crippen LogP contribution in [0.25, 0.3) is 0 Å². The van der Waals surface area contributed by atoms with Gasteiger partial charge in [0.2, 0.25) is 11.8 Å². The molecule has 0 saturated carbocycles. The Morgan fingerprint density at radius 2 is 2.18 bits per heavy atom. The molecule has 0 aromatic carbocycles. The molecule has 0 aliphatic heterocycles. The SMILES string of the molecule is COc1cc(C)nc(NS(=O)(=O)C(C)C#N)n1. The summed E-state index contributed by atoms with van der Waals surface area (Å²) in [6.07, 6.45) is 0. The lowest BCUT2D eigenvalue weighted by Gasteiger charge is -2.09. The molecule has 92 valence electrons. The van der Waals surface area contributed by atoms with Gasteiger partial charge in [-0.15, -0.1) is 0 Å². The molecule has 1 rings (SSSR count). The number of hydrogen-bond acceptors (Lipinski definition) is 6. The number of nitrogens with one attached hydrogen (secondary N) is 1. The molecule has 1 unspecified atom stereocenters. The van der Waals surface area contributed by atoms with Crippen LogP contribution in [0.3, 0.4) is 0 Å². The highest BCUT2D eigenvalue weighted by Crippen LogP contribution is 2.13. The van der Waals surface area contributed by atoms with Gasteiger partial charge >= 0.3 is 0 Å². The molecule has 17 heavy (non-hydrogen) atoms. The molecule has 1 aromatic rings. The van der Waals surface area contributed by atoms with Crippen LogP contribution in [0.4, 0.5) is 5.95 Å². The van der Waals surface area contributed by atoms with Crippen molar-refractivity contribution in [1.82, 2.24) is 9.97 Å². The largest absolute Gasteiger partial charge is 0.481 e. The summed E-state index contributed by atoms with van der Waals surface area (Å²) in [7, 11) is -2.38. The average molecular weight is 256 g/mol. The molecule has 0 radical (unpaired) electrons. The monoisotopic (exact) mass is 256 g/mol. The van der Waals surface area contributed by atoms with Gasteiger partial charge < -0.3 is 4.74 Å². The lowest BCUT2D eigenvalue weighted by molar-refractivity contribution is 0.397. The Balaban J connectivity index is 3.04. The molecule has 1 atom stereocenters. The molecule has 8 heteroatoms. The highest BCUT2D eigenvalue weighted by Gasteiger charge is 2.21. The third-order valence-corrected chi connectivity index (χ3v) is 3.42. The average Bonchev–Trinajstić information content (AvgIpc) is 2.26. The van der Waals surface area contributed by atoms with E-state index in [0.717, 1.165) is 0 Å². The van der Waals surface area contributed by atoms with E-state index in [9.17, 15) is 8.42 Å². The summed E-state index contributed by atoms with van der Waals surface area (Å²) in [6.45, 7) is 2.95. The van der Waals surface area contributed by atoms with Crippen LogP contribution >= 0.6 is 0 Å². The second-order valence-corrected chi connectivity index (χ2v) is 5.29. The molecule has 1 heterocycles. The number of aryl methyl sites for hydroxylation is 1. The van der Waals surface area contributed by atoms with Crippen molar-refractivity contribution in [3.63, 3.8) is 0 Å². The number of aromatic nitrogens is 2. The van der Waals surface area contributed by atoms with Gasteiger partial charge in [0, 0.05) is 11.8 Å². The molecule has 1 aromatic heterocycles. The van der Waals surface area contributed by atoms with E-state index in [1.165, 1.54) is 14.0 Å². The quantitative estimate of drug-likeness (QED) is 0.838. The molecule has 0 amide bonds. The van der Waals surface area contributed by atoms with Gasteiger partial charge in [-0.3, -0.25) is 0 Å². The maximum absolute atomic E-state index is 11.6. The first-order valence-electron chi connectivity index (χ1n) is 4.70. The maximum atomic E-state index is 11.6. The Labute approximate surface area is 99.5 Å². The van der Waals surface area contributed by atoms with Crippen LogP contribution in [0.15, 0.2) is 6.07 Å². The van der Waals surface area contributed by atoms with Gasteiger partial charge in [0.1, 0.15) is 0 Å². The molecular weight excluding hydrogens is 244 g/mol. The predicted molar refractivity (Wildman–Crippen MR) is 60.9 cm³/mol. The van der Waals surface area contributed by atoms with E-state index in [4.69, 9.17) is 10.00 Å². The number of ether oxygens (including phenoxy) is 1. The van der Waals surface area contributed by atoms with Crippen molar-refractivity contribution < 1.29 is 13.2 Å². The topological polar surface area (TPSA) is 105 Å². The Kier molecular flexibility index (Phi) is 3.85. The van der Waals surface area contributed by atoms with Gasteiger partial charge in [-0.1, -0.05) is 0 Å². The van der Waals surface area contributed by atoms with Gasteiger partial charge in [0.25, 0.3) is 10.0 Å². The van der Waals surface area contributed by atoms with E-state index in [2.05, 4.69) is 14.7 Å². The van der Waals surface area contributed by atoms with Crippen molar-refractivity contribution in [2.45, 2.75) is 19.1 Å². The minimum atomic E-state index is -3.80. The van der Waals surface area contributed by atoms with E-state index >= 15 is 0 Å². The zero-order valence-electron chi connectivity index (χ0n) is 9.63. The van der Waals surface area contributed by atoms with Gasteiger partial charge in [-0.05, 0) is 13.8 Å². The Morgan fingerprint density at radius 1 is 1.53 bits per heavy atom. The van der Waals surface area contributed by atoms with Gasteiger partial charge in [0.05, 0.1) is 13.2 Å². The minimum absolute atomic E-state index is 0.107. The fraction of sp³-hybridized carbons (Fsp3) is 0.444. The van der Waals surface area contributed by atoms with Gasteiger partial charge in [-0.25, -0.2) is 18.1 Å². The van der Waals surface area contributed by atoms with Crippen LogP contribution in [0.2, 0.25) is 0 Å². The van der Waals surface area contributed by atoms with Crippen molar-refractivity contribution >= 4 is 16.0 Å². The molecule has 0 aliphatic rings.